The lowest BCUT2D eigenvalue weighted by molar-refractivity contribution is 0.590. The summed E-state index contributed by atoms with van der Waals surface area (Å²) in [6.07, 6.45) is 0. The molecule has 0 saturated heterocycles. The van der Waals surface area contributed by atoms with Gasteiger partial charge in [-0.3, -0.25) is 0 Å². The molecular formula is C60H49N. The van der Waals surface area contributed by atoms with Crippen LogP contribution in [0.2, 0.25) is 0 Å². The molecule has 0 amide bonds. The Morgan fingerprint density at radius 2 is 0.869 bits per heavy atom. The summed E-state index contributed by atoms with van der Waals surface area (Å²) in [5, 5.41) is 2.57. The summed E-state index contributed by atoms with van der Waals surface area (Å²) in [6, 6.07) is 77.4. The van der Waals surface area contributed by atoms with Crippen LogP contribution in [0, 0.1) is 0 Å². The van der Waals surface area contributed by atoms with Gasteiger partial charge < -0.3 is 4.90 Å². The average molecular weight is 784 g/mol. The molecule has 2 aliphatic carbocycles. The van der Waals surface area contributed by atoms with Crippen molar-refractivity contribution in [2.45, 2.75) is 50.9 Å². The summed E-state index contributed by atoms with van der Waals surface area (Å²) in [4.78, 5) is 2.52. The number of para-hydroxylation sites is 1. The van der Waals surface area contributed by atoms with Crippen LogP contribution in [0.25, 0.3) is 44.2 Å². The van der Waals surface area contributed by atoms with Crippen LogP contribution >= 0.6 is 0 Å². The van der Waals surface area contributed by atoms with Crippen LogP contribution in [0.1, 0.15) is 73.6 Å². The number of rotatable bonds is 6. The molecule has 0 heterocycles. The highest BCUT2D eigenvalue weighted by Crippen LogP contribution is 2.58. The minimum Gasteiger partial charge on any atom is -0.310 e. The van der Waals surface area contributed by atoms with Crippen molar-refractivity contribution in [2.24, 2.45) is 0 Å². The summed E-state index contributed by atoms with van der Waals surface area (Å²) in [7, 11) is 0. The highest BCUT2D eigenvalue weighted by molar-refractivity contribution is 5.96. The molecule has 2 aliphatic rings. The average Bonchev–Trinajstić information content (AvgIpc) is 3.71. The topological polar surface area (TPSA) is 3.24 Å². The summed E-state index contributed by atoms with van der Waals surface area (Å²) >= 11 is 0. The standard InChI is InChI=1S/C60H49N/c1-58(2,3)43-30-28-40(29-31-43)48-24-15-17-27-57(48)61(46-33-35-51-52-36-41-18-12-13-19-42(41)37-54(52)59(4,5)55(51)38-46)47-32-34-50-49-25-14-16-26-53(49)60(56(50)39-47,44-20-8-6-9-21-44)45-22-10-7-11-23-45/h6-39H,1-5H3. The minimum absolute atomic E-state index is 0.0662. The predicted molar refractivity (Wildman–Crippen MR) is 258 cm³/mol. The van der Waals surface area contributed by atoms with E-state index in [0.29, 0.717) is 0 Å². The van der Waals surface area contributed by atoms with Crippen molar-refractivity contribution in [2.75, 3.05) is 4.90 Å². The molecule has 0 saturated carbocycles. The molecule has 61 heavy (non-hydrogen) atoms. The molecule has 0 N–H and O–H groups in total. The predicted octanol–water partition coefficient (Wildman–Crippen LogP) is 15.9. The van der Waals surface area contributed by atoms with Crippen molar-refractivity contribution in [3.63, 3.8) is 0 Å². The van der Waals surface area contributed by atoms with Crippen LogP contribution in [0.4, 0.5) is 17.1 Å². The normalized spacial score (nSPS) is 14.2. The number of anilines is 3. The van der Waals surface area contributed by atoms with Crippen LogP contribution < -0.4 is 4.90 Å². The summed E-state index contributed by atoms with van der Waals surface area (Å²) < 4.78 is 0. The molecule has 0 bridgehead atoms. The first kappa shape index (κ1) is 37.1. The molecular weight excluding hydrogens is 735 g/mol. The number of fused-ring (bicyclic) bond motifs is 7. The number of hydrogen-bond acceptors (Lipinski definition) is 1. The lowest BCUT2D eigenvalue weighted by Crippen LogP contribution is -2.28. The fourth-order valence-corrected chi connectivity index (χ4v) is 10.6. The Hall–Kier alpha value is -6.96. The van der Waals surface area contributed by atoms with E-state index in [-0.39, 0.29) is 10.8 Å². The van der Waals surface area contributed by atoms with Crippen molar-refractivity contribution < 1.29 is 0 Å². The van der Waals surface area contributed by atoms with Gasteiger partial charge in [0.1, 0.15) is 0 Å². The molecule has 0 radical (unpaired) electrons. The zero-order valence-electron chi connectivity index (χ0n) is 35.6. The minimum atomic E-state index is -0.512. The lowest BCUT2D eigenvalue weighted by atomic mass is 9.67. The smallest absolute Gasteiger partial charge is 0.0714 e. The van der Waals surface area contributed by atoms with Crippen LogP contribution in [0.5, 0.6) is 0 Å². The molecule has 1 heteroatoms. The second-order valence-corrected chi connectivity index (χ2v) is 18.5. The van der Waals surface area contributed by atoms with Gasteiger partial charge in [-0.25, -0.2) is 0 Å². The quantitative estimate of drug-likeness (QED) is 0.162. The van der Waals surface area contributed by atoms with Crippen molar-refractivity contribution in [1.82, 2.24) is 0 Å². The van der Waals surface area contributed by atoms with Gasteiger partial charge in [-0.05, 0) is 125 Å². The zero-order valence-corrected chi connectivity index (χ0v) is 35.6. The number of hydrogen-bond donors (Lipinski definition) is 0. The lowest BCUT2D eigenvalue weighted by Gasteiger charge is -2.35. The molecule has 11 rings (SSSR count). The van der Waals surface area contributed by atoms with Gasteiger partial charge in [0.25, 0.3) is 0 Å². The molecule has 0 spiro atoms. The molecule has 0 atom stereocenters. The van der Waals surface area contributed by atoms with E-state index in [1.165, 1.54) is 83.1 Å². The summed E-state index contributed by atoms with van der Waals surface area (Å²) in [5.74, 6) is 0. The van der Waals surface area contributed by atoms with Gasteiger partial charge in [0.2, 0.25) is 0 Å². The van der Waals surface area contributed by atoms with Gasteiger partial charge in [-0.1, -0.05) is 198 Å². The van der Waals surface area contributed by atoms with E-state index < -0.39 is 5.41 Å². The Bertz CT molecular complexity index is 3090. The second-order valence-electron chi connectivity index (χ2n) is 18.5. The molecule has 9 aromatic rings. The highest BCUT2D eigenvalue weighted by Gasteiger charge is 2.46. The molecule has 0 unspecified atom stereocenters. The fourth-order valence-electron chi connectivity index (χ4n) is 10.6. The van der Waals surface area contributed by atoms with Gasteiger partial charge in [-0.15, -0.1) is 0 Å². The highest BCUT2D eigenvalue weighted by atomic mass is 15.1. The van der Waals surface area contributed by atoms with Crippen molar-refractivity contribution in [1.29, 1.82) is 0 Å². The Morgan fingerprint density at radius 1 is 0.377 bits per heavy atom. The first-order valence-corrected chi connectivity index (χ1v) is 21.7. The van der Waals surface area contributed by atoms with Crippen molar-refractivity contribution in [3.8, 4) is 33.4 Å². The van der Waals surface area contributed by atoms with Crippen molar-refractivity contribution in [3.05, 3.63) is 245 Å². The van der Waals surface area contributed by atoms with Gasteiger partial charge in [-0.2, -0.15) is 0 Å². The first-order chi connectivity index (χ1) is 29.6. The Labute approximate surface area is 360 Å². The molecule has 294 valence electrons. The van der Waals surface area contributed by atoms with Gasteiger partial charge in [0, 0.05) is 22.4 Å². The van der Waals surface area contributed by atoms with Gasteiger partial charge in [0.15, 0.2) is 0 Å². The first-order valence-electron chi connectivity index (χ1n) is 21.7. The van der Waals surface area contributed by atoms with Crippen LogP contribution in [-0.2, 0) is 16.2 Å². The second kappa shape index (κ2) is 13.8. The Kier molecular flexibility index (Phi) is 8.38. The van der Waals surface area contributed by atoms with Gasteiger partial charge >= 0.3 is 0 Å². The van der Waals surface area contributed by atoms with Crippen LogP contribution in [-0.4, -0.2) is 0 Å². The third-order valence-corrected chi connectivity index (χ3v) is 13.7. The fraction of sp³-hybridized carbons (Fsp3) is 0.133. The van der Waals surface area contributed by atoms with E-state index in [1.54, 1.807) is 0 Å². The van der Waals surface area contributed by atoms with Gasteiger partial charge in [0.05, 0.1) is 11.1 Å². The van der Waals surface area contributed by atoms with E-state index in [9.17, 15) is 0 Å². The maximum atomic E-state index is 2.52. The van der Waals surface area contributed by atoms with Crippen LogP contribution in [0.15, 0.2) is 206 Å². The van der Waals surface area contributed by atoms with E-state index in [2.05, 4.69) is 246 Å². The number of nitrogens with zero attached hydrogens (tertiary/aromatic N) is 1. The molecule has 0 aliphatic heterocycles. The SMILES string of the molecule is CC(C)(C)c1ccc(-c2ccccc2N(c2ccc3c(c2)C(C)(C)c2cc4ccccc4cc2-3)c2ccc3c(c2)C(c2ccccc2)(c2ccccc2)c2ccccc2-3)cc1. The summed E-state index contributed by atoms with van der Waals surface area (Å²) in [5.41, 5.74) is 19.6. The Balaban J connectivity index is 1.17. The zero-order chi connectivity index (χ0) is 41.5. The largest absolute Gasteiger partial charge is 0.310 e. The maximum absolute atomic E-state index is 2.52. The van der Waals surface area contributed by atoms with E-state index in [1.807, 2.05) is 0 Å². The number of benzene rings is 9. The molecule has 1 nitrogen and oxygen atoms in total. The Morgan fingerprint density at radius 3 is 1.51 bits per heavy atom. The third kappa shape index (κ3) is 5.67. The van der Waals surface area contributed by atoms with Crippen molar-refractivity contribution >= 4 is 27.8 Å². The van der Waals surface area contributed by atoms with E-state index >= 15 is 0 Å². The molecule has 9 aromatic carbocycles. The monoisotopic (exact) mass is 783 g/mol. The molecule has 0 aromatic heterocycles. The van der Waals surface area contributed by atoms with E-state index in [4.69, 9.17) is 0 Å². The molecule has 0 fully saturated rings. The third-order valence-electron chi connectivity index (χ3n) is 13.7. The van der Waals surface area contributed by atoms with Crippen LogP contribution in [0.3, 0.4) is 0 Å². The maximum Gasteiger partial charge on any atom is 0.0714 e. The van der Waals surface area contributed by atoms with E-state index in [0.717, 1.165) is 17.1 Å². The summed E-state index contributed by atoms with van der Waals surface area (Å²) in [6.45, 7) is 11.6.